The van der Waals surface area contributed by atoms with Crippen LogP contribution in [0.15, 0.2) is 47.7 Å². The quantitative estimate of drug-likeness (QED) is 0.598. The molecule has 1 heterocycles. The highest BCUT2D eigenvalue weighted by Gasteiger charge is 2.05. The van der Waals surface area contributed by atoms with Crippen molar-refractivity contribution in [2.75, 3.05) is 20.1 Å². The molecule has 2 rings (SSSR count). The molecule has 0 amide bonds. The van der Waals surface area contributed by atoms with E-state index in [1.165, 1.54) is 24.0 Å². The predicted octanol–water partition coefficient (Wildman–Crippen LogP) is 3.13. The number of aromatic nitrogens is 2. The molecular formula is C19H29N5. The third kappa shape index (κ3) is 5.72. The molecule has 0 aliphatic carbocycles. The summed E-state index contributed by atoms with van der Waals surface area (Å²) in [5, 5.41) is 7.64. The van der Waals surface area contributed by atoms with Crippen molar-refractivity contribution in [3.8, 4) is 0 Å². The van der Waals surface area contributed by atoms with Crippen molar-refractivity contribution < 1.29 is 0 Å². The molecule has 1 N–H and O–H groups in total. The second-order valence-corrected chi connectivity index (χ2v) is 5.97. The van der Waals surface area contributed by atoms with Gasteiger partial charge in [-0.25, -0.2) is 4.99 Å². The standard InChI is InChI=1S/C19H29N5/c1-4-6-12-23(3)19(20-5-2)21-15-17-9-7-10-18(14-17)16-24-13-8-11-22-24/h7-11,13-14H,4-6,12,15-16H2,1-3H3,(H,20,21). The van der Waals surface area contributed by atoms with Crippen LogP contribution in [0, 0.1) is 0 Å². The third-order valence-corrected chi connectivity index (χ3v) is 3.85. The van der Waals surface area contributed by atoms with Gasteiger partial charge in [0, 0.05) is 32.5 Å². The second-order valence-electron chi connectivity index (χ2n) is 5.97. The van der Waals surface area contributed by atoms with Crippen molar-refractivity contribution in [1.29, 1.82) is 0 Å². The van der Waals surface area contributed by atoms with Crippen molar-refractivity contribution in [1.82, 2.24) is 20.0 Å². The number of nitrogens with one attached hydrogen (secondary N) is 1. The molecule has 1 aromatic heterocycles. The highest BCUT2D eigenvalue weighted by atomic mass is 15.3. The first-order chi connectivity index (χ1) is 11.7. The van der Waals surface area contributed by atoms with Gasteiger partial charge < -0.3 is 10.2 Å². The lowest BCUT2D eigenvalue weighted by Gasteiger charge is -2.21. The monoisotopic (exact) mass is 327 g/mol. The first kappa shape index (κ1) is 18.0. The Balaban J connectivity index is 2.02. The van der Waals surface area contributed by atoms with Gasteiger partial charge in [-0.1, -0.05) is 37.6 Å². The summed E-state index contributed by atoms with van der Waals surface area (Å²) in [7, 11) is 2.10. The van der Waals surface area contributed by atoms with Gasteiger partial charge in [-0.15, -0.1) is 0 Å². The van der Waals surface area contributed by atoms with E-state index in [9.17, 15) is 0 Å². The minimum Gasteiger partial charge on any atom is -0.357 e. The van der Waals surface area contributed by atoms with Gasteiger partial charge in [0.2, 0.25) is 0 Å². The average Bonchev–Trinajstić information content (AvgIpc) is 3.09. The Morgan fingerprint density at radius 3 is 2.79 bits per heavy atom. The topological polar surface area (TPSA) is 45.5 Å². The van der Waals surface area contributed by atoms with E-state index >= 15 is 0 Å². The summed E-state index contributed by atoms with van der Waals surface area (Å²) in [6, 6.07) is 10.5. The maximum atomic E-state index is 4.78. The van der Waals surface area contributed by atoms with Crippen LogP contribution in [0.25, 0.3) is 0 Å². The Labute approximate surface area is 145 Å². The van der Waals surface area contributed by atoms with E-state index < -0.39 is 0 Å². The molecule has 1 aromatic carbocycles. The van der Waals surface area contributed by atoms with Crippen molar-refractivity contribution in [2.45, 2.75) is 39.8 Å². The van der Waals surface area contributed by atoms with Gasteiger partial charge in [0.25, 0.3) is 0 Å². The summed E-state index contributed by atoms with van der Waals surface area (Å²) in [5.41, 5.74) is 2.47. The van der Waals surface area contributed by atoms with Gasteiger partial charge in [-0.3, -0.25) is 4.68 Å². The summed E-state index contributed by atoms with van der Waals surface area (Å²) in [5.74, 6) is 0.975. The predicted molar refractivity (Wildman–Crippen MR) is 100 cm³/mol. The molecule has 0 atom stereocenters. The number of aliphatic imine (C=N–C) groups is 1. The van der Waals surface area contributed by atoms with Crippen LogP contribution >= 0.6 is 0 Å². The van der Waals surface area contributed by atoms with E-state index in [1.54, 1.807) is 0 Å². The van der Waals surface area contributed by atoms with Crippen LogP contribution in [0.5, 0.6) is 0 Å². The zero-order valence-corrected chi connectivity index (χ0v) is 15.1. The highest BCUT2D eigenvalue weighted by molar-refractivity contribution is 5.79. The molecule has 0 saturated heterocycles. The normalized spacial score (nSPS) is 11.5. The molecule has 0 saturated carbocycles. The molecule has 2 aromatic rings. The van der Waals surface area contributed by atoms with Crippen molar-refractivity contribution in [2.24, 2.45) is 4.99 Å². The van der Waals surface area contributed by atoms with Gasteiger partial charge in [-0.05, 0) is 30.5 Å². The fraction of sp³-hybridized carbons (Fsp3) is 0.474. The van der Waals surface area contributed by atoms with Gasteiger partial charge in [0.1, 0.15) is 0 Å². The maximum Gasteiger partial charge on any atom is 0.193 e. The Morgan fingerprint density at radius 2 is 2.08 bits per heavy atom. The maximum absolute atomic E-state index is 4.78. The lowest BCUT2D eigenvalue weighted by atomic mass is 10.1. The summed E-state index contributed by atoms with van der Waals surface area (Å²) in [4.78, 5) is 6.99. The fourth-order valence-electron chi connectivity index (χ4n) is 2.54. The molecular weight excluding hydrogens is 298 g/mol. The largest absolute Gasteiger partial charge is 0.357 e. The second kappa shape index (κ2) is 9.75. The van der Waals surface area contributed by atoms with Crippen LogP contribution in [0.1, 0.15) is 37.8 Å². The first-order valence-corrected chi connectivity index (χ1v) is 8.77. The Bertz CT molecular complexity index is 618. The number of nitrogens with zero attached hydrogens (tertiary/aromatic N) is 4. The van der Waals surface area contributed by atoms with Crippen LogP contribution < -0.4 is 5.32 Å². The minimum atomic E-state index is 0.686. The third-order valence-electron chi connectivity index (χ3n) is 3.85. The fourth-order valence-corrected chi connectivity index (χ4v) is 2.54. The van der Waals surface area contributed by atoms with E-state index in [2.05, 4.69) is 60.5 Å². The summed E-state index contributed by atoms with van der Waals surface area (Å²) < 4.78 is 1.94. The summed E-state index contributed by atoms with van der Waals surface area (Å²) in [6.07, 6.45) is 6.17. The molecule has 130 valence electrons. The number of hydrogen-bond donors (Lipinski definition) is 1. The molecule has 5 heteroatoms. The molecule has 0 fully saturated rings. The summed E-state index contributed by atoms with van der Waals surface area (Å²) >= 11 is 0. The van der Waals surface area contributed by atoms with E-state index in [1.807, 2.05) is 23.1 Å². The molecule has 0 bridgehead atoms. The van der Waals surface area contributed by atoms with Gasteiger partial charge in [0.05, 0.1) is 13.1 Å². The summed E-state index contributed by atoms with van der Waals surface area (Å²) in [6.45, 7) is 7.71. The van der Waals surface area contributed by atoms with Crippen LogP contribution in [-0.4, -0.2) is 40.8 Å². The highest BCUT2D eigenvalue weighted by Crippen LogP contribution is 2.08. The molecule has 0 unspecified atom stereocenters. The van der Waals surface area contributed by atoms with Crippen LogP contribution in [0.2, 0.25) is 0 Å². The number of unbranched alkanes of at least 4 members (excludes halogenated alkanes) is 1. The van der Waals surface area contributed by atoms with Crippen molar-refractivity contribution in [3.63, 3.8) is 0 Å². The molecule has 0 radical (unpaired) electrons. The smallest absolute Gasteiger partial charge is 0.193 e. The number of guanidine groups is 1. The Hall–Kier alpha value is -2.30. The Kier molecular flexibility index (Phi) is 7.33. The Morgan fingerprint density at radius 1 is 1.25 bits per heavy atom. The van der Waals surface area contributed by atoms with E-state index in [0.29, 0.717) is 6.54 Å². The number of hydrogen-bond acceptors (Lipinski definition) is 2. The molecule has 24 heavy (non-hydrogen) atoms. The lowest BCUT2D eigenvalue weighted by Crippen LogP contribution is -2.39. The average molecular weight is 327 g/mol. The first-order valence-electron chi connectivity index (χ1n) is 8.77. The minimum absolute atomic E-state index is 0.686. The van der Waals surface area contributed by atoms with E-state index in [4.69, 9.17) is 4.99 Å². The van der Waals surface area contributed by atoms with Gasteiger partial charge in [-0.2, -0.15) is 5.10 Å². The SMILES string of the molecule is CCCCN(C)C(=NCc1cccc(Cn2cccn2)c1)NCC. The number of benzene rings is 1. The number of rotatable bonds is 8. The van der Waals surface area contributed by atoms with Gasteiger partial charge >= 0.3 is 0 Å². The van der Waals surface area contributed by atoms with Gasteiger partial charge in [0.15, 0.2) is 5.96 Å². The molecule has 0 spiro atoms. The zero-order chi connectivity index (χ0) is 17.2. The van der Waals surface area contributed by atoms with Crippen LogP contribution in [0.3, 0.4) is 0 Å². The van der Waals surface area contributed by atoms with Crippen LogP contribution in [0.4, 0.5) is 0 Å². The van der Waals surface area contributed by atoms with Crippen LogP contribution in [-0.2, 0) is 13.1 Å². The zero-order valence-electron chi connectivity index (χ0n) is 15.1. The molecule has 0 aliphatic heterocycles. The van der Waals surface area contributed by atoms with Crippen molar-refractivity contribution in [3.05, 3.63) is 53.9 Å². The molecule has 0 aliphatic rings. The van der Waals surface area contributed by atoms with E-state index in [0.717, 1.165) is 25.6 Å². The van der Waals surface area contributed by atoms with E-state index in [-0.39, 0.29) is 0 Å². The molecule has 5 nitrogen and oxygen atoms in total. The lowest BCUT2D eigenvalue weighted by molar-refractivity contribution is 0.465. The van der Waals surface area contributed by atoms with Crippen molar-refractivity contribution >= 4 is 5.96 Å².